The quantitative estimate of drug-likeness (QED) is 0.445. The third kappa shape index (κ3) is 3.05. The fourth-order valence-corrected chi connectivity index (χ4v) is 3.86. The number of hydrogen-bond acceptors (Lipinski definition) is 4. The third-order valence-corrected chi connectivity index (χ3v) is 5.66. The molecule has 0 spiro atoms. The molecule has 0 aromatic carbocycles. The third-order valence-electron chi connectivity index (χ3n) is 5.66. The maximum Gasteiger partial charge on any atom is 0.327 e. The van der Waals surface area contributed by atoms with E-state index in [0.29, 0.717) is 0 Å². The molecule has 0 radical (unpaired) electrons. The van der Waals surface area contributed by atoms with Gasteiger partial charge in [0, 0.05) is 18.3 Å². The van der Waals surface area contributed by atoms with Gasteiger partial charge in [0.15, 0.2) is 5.78 Å². The minimum absolute atomic E-state index is 0.228. The summed E-state index contributed by atoms with van der Waals surface area (Å²) in [6, 6.07) is -0.752. The monoisotopic (exact) mass is 367 g/mol. The van der Waals surface area contributed by atoms with Crippen molar-refractivity contribution in [3.63, 3.8) is 0 Å². The SMILES string of the molecule is C=C/C=C\C(=C)C(=O)CN1C(=O)N(C)C(C)(C2NC3=CC=C2CCC3)C1=O. The molecule has 2 unspecified atom stereocenters. The zero-order chi connectivity index (χ0) is 19.8. The normalized spacial score (nSPS) is 27.4. The van der Waals surface area contributed by atoms with Gasteiger partial charge in [-0.2, -0.15) is 0 Å². The predicted molar refractivity (Wildman–Crippen MR) is 104 cm³/mol. The highest BCUT2D eigenvalue weighted by Gasteiger charge is 2.58. The van der Waals surface area contributed by atoms with Crippen molar-refractivity contribution in [3.8, 4) is 0 Å². The standard InChI is InChI=1S/C21H25N3O3/c1-5-6-8-14(2)17(25)13-24-19(26)21(3,23(4)20(24)27)18-15-9-7-10-16(22-18)12-11-15/h5-6,8,11-12,18,22H,1-2,7,9-10,13H2,3-4H3/b8-6-. The van der Waals surface area contributed by atoms with E-state index in [4.69, 9.17) is 0 Å². The molecule has 0 aromatic heterocycles. The zero-order valence-electron chi connectivity index (χ0n) is 15.8. The number of nitrogens with one attached hydrogen (secondary N) is 1. The van der Waals surface area contributed by atoms with Gasteiger partial charge in [0.1, 0.15) is 5.54 Å². The maximum absolute atomic E-state index is 13.3. The fourth-order valence-electron chi connectivity index (χ4n) is 3.86. The molecule has 2 atom stereocenters. The average molecular weight is 367 g/mol. The van der Waals surface area contributed by atoms with Crippen LogP contribution in [0.25, 0.3) is 0 Å². The Balaban J connectivity index is 1.85. The summed E-state index contributed by atoms with van der Waals surface area (Å²) in [5.41, 5.74) is 1.34. The average Bonchev–Trinajstić information content (AvgIpc) is 2.96. The van der Waals surface area contributed by atoms with Crippen LogP contribution in [0.1, 0.15) is 26.2 Å². The van der Waals surface area contributed by atoms with Crippen molar-refractivity contribution in [2.24, 2.45) is 0 Å². The second kappa shape index (κ2) is 7.02. The van der Waals surface area contributed by atoms with Crippen LogP contribution in [-0.4, -0.2) is 52.7 Å². The summed E-state index contributed by atoms with van der Waals surface area (Å²) in [4.78, 5) is 40.9. The van der Waals surface area contributed by atoms with Crippen molar-refractivity contribution >= 4 is 17.7 Å². The zero-order valence-corrected chi connectivity index (χ0v) is 15.8. The molecule has 6 heteroatoms. The van der Waals surface area contributed by atoms with Crippen molar-refractivity contribution in [2.45, 2.75) is 37.8 Å². The first-order chi connectivity index (χ1) is 12.8. The van der Waals surface area contributed by atoms with Gasteiger partial charge in [-0.25, -0.2) is 4.79 Å². The second-order valence-electron chi connectivity index (χ2n) is 7.29. The van der Waals surface area contributed by atoms with E-state index in [-0.39, 0.29) is 29.9 Å². The maximum atomic E-state index is 13.3. The van der Waals surface area contributed by atoms with Gasteiger partial charge >= 0.3 is 6.03 Å². The fraction of sp³-hybridized carbons (Fsp3) is 0.381. The molecule has 4 aliphatic rings. The Labute approximate surface area is 159 Å². The highest BCUT2D eigenvalue weighted by Crippen LogP contribution is 2.38. The van der Waals surface area contributed by atoms with E-state index in [1.165, 1.54) is 17.1 Å². The number of carbonyl (C=O) groups is 3. The Bertz CT molecular complexity index is 821. The number of likely N-dealkylation sites (N-methyl/N-ethyl adjacent to an activating group) is 1. The first-order valence-corrected chi connectivity index (χ1v) is 9.07. The van der Waals surface area contributed by atoms with E-state index in [2.05, 4.69) is 24.6 Å². The molecule has 3 amide bonds. The minimum atomic E-state index is -1.08. The van der Waals surface area contributed by atoms with E-state index in [9.17, 15) is 14.4 Å². The number of urea groups is 1. The molecular weight excluding hydrogens is 342 g/mol. The molecule has 2 fully saturated rings. The second-order valence-corrected chi connectivity index (χ2v) is 7.29. The molecule has 142 valence electrons. The summed E-state index contributed by atoms with van der Waals surface area (Å²) >= 11 is 0. The molecule has 4 rings (SSSR count). The summed E-state index contributed by atoms with van der Waals surface area (Å²) in [7, 11) is 1.62. The molecule has 1 aliphatic carbocycles. The number of nitrogens with zero attached hydrogens (tertiary/aromatic N) is 2. The lowest BCUT2D eigenvalue weighted by molar-refractivity contribution is -0.135. The van der Waals surface area contributed by atoms with E-state index in [1.54, 1.807) is 20.0 Å². The molecular formula is C21H25N3O3. The molecule has 3 heterocycles. The molecule has 2 bridgehead atoms. The molecule has 0 aromatic rings. The molecule has 3 aliphatic heterocycles. The molecule has 27 heavy (non-hydrogen) atoms. The van der Waals surface area contributed by atoms with Gasteiger partial charge < -0.3 is 10.2 Å². The first kappa shape index (κ1) is 18.9. The van der Waals surface area contributed by atoms with E-state index in [0.717, 1.165) is 35.4 Å². The Kier molecular flexibility index (Phi) is 4.91. The number of dihydropyridines is 1. The van der Waals surface area contributed by atoms with E-state index >= 15 is 0 Å². The predicted octanol–water partition coefficient (Wildman–Crippen LogP) is 2.47. The van der Waals surface area contributed by atoms with Gasteiger partial charge in [0.25, 0.3) is 5.91 Å². The van der Waals surface area contributed by atoms with Crippen molar-refractivity contribution in [1.29, 1.82) is 0 Å². The summed E-state index contributed by atoms with van der Waals surface area (Å²) in [6.07, 6.45) is 11.6. The van der Waals surface area contributed by atoms with Crippen LogP contribution in [0.15, 0.2) is 60.4 Å². The van der Waals surface area contributed by atoms with Gasteiger partial charge in [-0.05, 0) is 37.8 Å². The minimum Gasteiger partial charge on any atom is -0.379 e. The Morgan fingerprint density at radius 3 is 2.81 bits per heavy atom. The molecule has 2 saturated heterocycles. The van der Waals surface area contributed by atoms with Crippen molar-refractivity contribution in [3.05, 3.63) is 60.4 Å². The Morgan fingerprint density at radius 2 is 2.11 bits per heavy atom. The van der Waals surface area contributed by atoms with Gasteiger partial charge in [-0.15, -0.1) is 0 Å². The Morgan fingerprint density at radius 1 is 1.37 bits per heavy atom. The van der Waals surface area contributed by atoms with Gasteiger partial charge in [-0.1, -0.05) is 37.5 Å². The largest absolute Gasteiger partial charge is 0.379 e. The number of amides is 3. The van der Waals surface area contributed by atoms with Crippen LogP contribution in [-0.2, 0) is 9.59 Å². The van der Waals surface area contributed by atoms with E-state index < -0.39 is 11.6 Å². The van der Waals surface area contributed by atoms with Crippen LogP contribution < -0.4 is 5.32 Å². The van der Waals surface area contributed by atoms with Crippen LogP contribution >= 0.6 is 0 Å². The highest BCUT2D eigenvalue weighted by molar-refractivity contribution is 6.11. The molecule has 6 nitrogen and oxygen atoms in total. The van der Waals surface area contributed by atoms with Crippen molar-refractivity contribution in [1.82, 2.24) is 15.1 Å². The van der Waals surface area contributed by atoms with Gasteiger partial charge in [0.2, 0.25) is 0 Å². The summed E-state index contributed by atoms with van der Waals surface area (Å²) in [6.45, 7) is 8.70. The summed E-state index contributed by atoms with van der Waals surface area (Å²) in [5, 5.41) is 3.43. The lowest BCUT2D eigenvalue weighted by Gasteiger charge is -2.39. The number of imide groups is 1. The number of ketones is 1. The van der Waals surface area contributed by atoms with Crippen molar-refractivity contribution in [2.75, 3.05) is 13.6 Å². The van der Waals surface area contributed by atoms with Crippen LogP contribution in [0.4, 0.5) is 4.79 Å². The van der Waals surface area contributed by atoms with Crippen LogP contribution in [0, 0.1) is 0 Å². The van der Waals surface area contributed by atoms with Crippen molar-refractivity contribution < 1.29 is 14.4 Å². The number of carbonyl (C=O) groups excluding carboxylic acids is 3. The number of rotatable bonds is 6. The van der Waals surface area contributed by atoms with Crippen LogP contribution in [0.2, 0.25) is 0 Å². The van der Waals surface area contributed by atoms with E-state index in [1.807, 2.05) is 6.08 Å². The molecule has 1 N–H and O–H groups in total. The summed E-state index contributed by atoms with van der Waals surface area (Å²) in [5.74, 6) is -0.736. The van der Waals surface area contributed by atoms with Crippen LogP contribution in [0.5, 0.6) is 0 Å². The lowest BCUT2D eigenvalue weighted by Crippen LogP contribution is -2.60. The smallest absolute Gasteiger partial charge is 0.327 e. The summed E-state index contributed by atoms with van der Waals surface area (Å²) < 4.78 is 0. The highest BCUT2D eigenvalue weighted by atomic mass is 16.2. The topological polar surface area (TPSA) is 69.7 Å². The lowest BCUT2D eigenvalue weighted by atomic mass is 9.83. The number of Topliss-reactive ketones (excluding diaryl/α,β-unsaturated/α-hetero) is 1. The Hall–Kier alpha value is -2.89. The molecule has 0 saturated carbocycles. The first-order valence-electron chi connectivity index (χ1n) is 9.07. The van der Waals surface area contributed by atoms with Gasteiger partial charge in [-0.3, -0.25) is 14.5 Å². The van der Waals surface area contributed by atoms with Gasteiger partial charge in [0.05, 0.1) is 12.6 Å². The number of hydrogen-bond donors (Lipinski definition) is 1. The van der Waals surface area contributed by atoms with Crippen LogP contribution in [0.3, 0.4) is 0 Å². The number of fused-ring (bicyclic) bond motifs is 4. The number of allylic oxidation sites excluding steroid dienone is 6.